The predicted octanol–water partition coefficient (Wildman–Crippen LogP) is 2.98. The van der Waals surface area contributed by atoms with Crippen molar-refractivity contribution < 1.29 is 4.79 Å². The maximum absolute atomic E-state index is 12.3. The zero-order valence-electron chi connectivity index (χ0n) is 10.7. The largest absolute Gasteiger partial charge is 0.388 e. The van der Waals surface area contributed by atoms with Crippen LogP contribution < -0.4 is 10.6 Å². The van der Waals surface area contributed by atoms with Gasteiger partial charge in [-0.15, -0.1) is 0 Å². The van der Waals surface area contributed by atoms with Crippen molar-refractivity contribution in [1.82, 2.24) is 0 Å². The van der Waals surface area contributed by atoms with Crippen molar-refractivity contribution in [2.45, 2.75) is 43.4 Å². The lowest BCUT2D eigenvalue weighted by atomic mass is 9.65. The number of hydrogen-bond donors (Lipinski definition) is 2. The highest BCUT2D eigenvalue weighted by atomic mass is 16.2. The normalized spacial score (nSPS) is 23.5. The summed E-state index contributed by atoms with van der Waals surface area (Å²) in [7, 11) is 1.95. The Morgan fingerprint density at radius 2 is 2.11 bits per heavy atom. The number of carbonyl (C=O) groups is 1. The summed E-state index contributed by atoms with van der Waals surface area (Å²) in [6.45, 7) is 0. The maximum atomic E-state index is 12.3. The van der Waals surface area contributed by atoms with Crippen LogP contribution in [0, 0.1) is 0 Å². The summed E-state index contributed by atoms with van der Waals surface area (Å²) >= 11 is 0. The van der Waals surface area contributed by atoms with E-state index in [1.807, 2.05) is 7.05 Å². The van der Waals surface area contributed by atoms with E-state index in [9.17, 15) is 4.79 Å². The summed E-state index contributed by atoms with van der Waals surface area (Å²) in [4.78, 5) is 12.3. The molecule has 0 radical (unpaired) electrons. The van der Waals surface area contributed by atoms with E-state index in [0.717, 1.165) is 24.2 Å². The molecule has 94 valence electrons. The standard InChI is InChI=1S/C15H18N2O/c1-16-10-7-11(9-3-4-9)13-12(8-10)15(5-2-6-15)14(18)17-13/h7-9,16H,2-6H2,1H3,(H,17,18). The van der Waals surface area contributed by atoms with E-state index < -0.39 is 0 Å². The predicted molar refractivity (Wildman–Crippen MR) is 72.1 cm³/mol. The maximum Gasteiger partial charge on any atom is 0.235 e. The first kappa shape index (κ1) is 10.4. The summed E-state index contributed by atoms with van der Waals surface area (Å²) in [6.07, 6.45) is 5.74. The van der Waals surface area contributed by atoms with Gasteiger partial charge in [0, 0.05) is 18.4 Å². The van der Waals surface area contributed by atoms with Crippen LogP contribution in [0.15, 0.2) is 12.1 Å². The van der Waals surface area contributed by atoms with E-state index in [-0.39, 0.29) is 11.3 Å². The van der Waals surface area contributed by atoms with Gasteiger partial charge in [0.05, 0.1) is 5.41 Å². The van der Waals surface area contributed by atoms with Crippen LogP contribution in [0.2, 0.25) is 0 Å². The molecule has 1 aromatic rings. The molecule has 0 atom stereocenters. The zero-order valence-corrected chi connectivity index (χ0v) is 10.7. The molecule has 1 spiro atoms. The van der Waals surface area contributed by atoms with E-state index in [0.29, 0.717) is 5.92 Å². The van der Waals surface area contributed by atoms with Crippen LogP contribution >= 0.6 is 0 Å². The molecule has 2 fully saturated rings. The first-order chi connectivity index (χ1) is 8.74. The van der Waals surface area contributed by atoms with Gasteiger partial charge in [-0.2, -0.15) is 0 Å². The molecular weight excluding hydrogens is 224 g/mol. The molecule has 3 aliphatic rings. The number of nitrogens with one attached hydrogen (secondary N) is 2. The van der Waals surface area contributed by atoms with Gasteiger partial charge in [-0.25, -0.2) is 0 Å². The Labute approximate surface area is 107 Å². The molecule has 0 unspecified atom stereocenters. The average molecular weight is 242 g/mol. The molecule has 1 aliphatic heterocycles. The van der Waals surface area contributed by atoms with Crippen molar-refractivity contribution in [3.05, 3.63) is 23.3 Å². The molecule has 3 nitrogen and oxygen atoms in total. The minimum Gasteiger partial charge on any atom is -0.388 e. The second-order valence-electron chi connectivity index (χ2n) is 5.90. The van der Waals surface area contributed by atoms with E-state index in [1.165, 1.54) is 30.4 Å². The van der Waals surface area contributed by atoms with Gasteiger partial charge >= 0.3 is 0 Å². The number of carbonyl (C=O) groups excluding carboxylic acids is 1. The minimum absolute atomic E-state index is 0.189. The third-order valence-electron chi connectivity index (χ3n) is 4.87. The zero-order chi connectivity index (χ0) is 12.3. The molecule has 0 aromatic heterocycles. The van der Waals surface area contributed by atoms with Crippen LogP contribution in [0.3, 0.4) is 0 Å². The molecule has 0 bridgehead atoms. The van der Waals surface area contributed by atoms with Gasteiger partial charge < -0.3 is 10.6 Å². The Hall–Kier alpha value is -1.51. The van der Waals surface area contributed by atoms with E-state index in [4.69, 9.17) is 0 Å². The molecule has 1 heterocycles. The Morgan fingerprint density at radius 1 is 1.33 bits per heavy atom. The Bertz CT molecular complexity index is 542. The second-order valence-corrected chi connectivity index (χ2v) is 5.90. The molecule has 0 saturated heterocycles. The van der Waals surface area contributed by atoms with Crippen molar-refractivity contribution in [1.29, 1.82) is 0 Å². The number of benzene rings is 1. The highest BCUT2D eigenvalue weighted by Gasteiger charge is 2.52. The Kier molecular flexibility index (Phi) is 1.90. The highest BCUT2D eigenvalue weighted by Crippen LogP contribution is 2.56. The summed E-state index contributed by atoms with van der Waals surface area (Å²) in [6, 6.07) is 4.40. The lowest BCUT2D eigenvalue weighted by Gasteiger charge is -2.36. The monoisotopic (exact) mass is 242 g/mol. The van der Waals surface area contributed by atoms with Crippen molar-refractivity contribution >= 4 is 17.3 Å². The summed E-state index contributed by atoms with van der Waals surface area (Å²) in [5, 5.41) is 6.41. The molecular formula is C15H18N2O. The molecule has 2 N–H and O–H groups in total. The van der Waals surface area contributed by atoms with Gasteiger partial charge in [0.25, 0.3) is 0 Å². The molecule has 18 heavy (non-hydrogen) atoms. The number of anilines is 2. The van der Waals surface area contributed by atoms with E-state index >= 15 is 0 Å². The van der Waals surface area contributed by atoms with Crippen LogP contribution in [-0.4, -0.2) is 13.0 Å². The number of rotatable bonds is 2. The third kappa shape index (κ3) is 1.17. The van der Waals surface area contributed by atoms with Crippen LogP contribution in [-0.2, 0) is 10.2 Å². The SMILES string of the molecule is CNc1cc(C2CC2)c2c(c1)C1(CCC1)C(=O)N2. The Morgan fingerprint density at radius 3 is 2.67 bits per heavy atom. The first-order valence-corrected chi connectivity index (χ1v) is 6.92. The molecule has 1 amide bonds. The van der Waals surface area contributed by atoms with Gasteiger partial charge in [-0.1, -0.05) is 6.42 Å². The lowest BCUT2D eigenvalue weighted by molar-refractivity contribution is -0.123. The molecule has 4 rings (SSSR count). The van der Waals surface area contributed by atoms with Crippen molar-refractivity contribution in [3.63, 3.8) is 0 Å². The Balaban J connectivity index is 1.92. The number of amides is 1. The van der Waals surface area contributed by atoms with Crippen LogP contribution in [0.4, 0.5) is 11.4 Å². The fourth-order valence-corrected chi connectivity index (χ4v) is 3.42. The van der Waals surface area contributed by atoms with Gasteiger partial charge in [0.1, 0.15) is 0 Å². The van der Waals surface area contributed by atoms with Crippen LogP contribution in [0.1, 0.15) is 49.1 Å². The van der Waals surface area contributed by atoms with E-state index in [2.05, 4.69) is 22.8 Å². The van der Waals surface area contributed by atoms with Gasteiger partial charge in [-0.05, 0) is 54.9 Å². The lowest BCUT2D eigenvalue weighted by Crippen LogP contribution is -2.40. The molecule has 2 aliphatic carbocycles. The summed E-state index contributed by atoms with van der Waals surface area (Å²) in [5.74, 6) is 0.904. The number of fused-ring (bicyclic) bond motifs is 2. The summed E-state index contributed by atoms with van der Waals surface area (Å²) < 4.78 is 0. The minimum atomic E-state index is -0.189. The van der Waals surface area contributed by atoms with Gasteiger partial charge in [0.2, 0.25) is 5.91 Å². The molecule has 2 saturated carbocycles. The second kappa shape index (κ2) is 3.28. The quantitative estimate of drug-likeness (QED) is 0.837. The molecule has 1 aromatic carbocycles. The molecule has 3 heteroatoms. The van der Waals surface area contributed by atoms with Crippen LogP contribution in [0.25, 0.3) is 0 Å². The van der Waals surface area contributed by atoms with Crippen molar-refractivity contribution in [2.75, 3.05) is 17.7 Å². The van der Waals surface area contributed by atoms with Gasteiger partial charge in [-0.3, -0.25) is 4.79 Å². The topological polar surface area (TPSA) is 41.1 Å². The first-order valence-electron chi connectivity index (χ1n) is 6.92. The fourth-order valence-electron chi connectivity index (χ4n) is 3.42. The number of hydrogen-bond acceptors (Lipinski definition) is 2. The van der Waals surface area contributed by atoms with Crippen LogP contribution in [0.5, 0.6) is 0 Å². The fraction of sp³-hybridized carbons (Fsp3) is 0.533. The van der Waals surface area contributed by atoms with Gasteiger partial charge in [0.15, 0.2) is 0 Å². The van der Waals surface area contributed by atoms with Crippen molar-refractivity contribution in [2.24, 2.45) is 0 Å². The van der Waals surface area contributed by atoms with E-state index in [1.54, 1.807) is 0 Å². The van der Waals surface area contributed by atoms with Crippen molar-refractivity contribution in [3.8, 4) is 0 Å². The third-order valence-corrected chi connectivity index (χ3v) is 4.87. The summed E-state index contributed by atoms with van der Waals surface area (Å²) in [5.41, 5.74) is 4.72. The highest BCUT2D eigenvalue weighted by molar-refractivity contribution is 6.08. The average Bonchev–Trinajstić information content (AvgIpc) is 3.09. The smallest absolute Gasteiger partial charge is 0.235 e.